The van der Waals surface area contributed by atoms with Gasteiger partial charge in [0.25, 0.3) is 11.6 Å². The maximum Gasteiger partial charge on any atom is 0.283 e. The average Bonchev–Trinajstić information content (AvgIpc) is 2.25. The van der Waals surface area contributed by atoms with Crippen molar-refractivity contribution in [1.29, 1.82) is 0 Å². The minimum atomic E-state index is -0.630. The van der Waals surface area contributed by atoms with Crippen LogP contribution < -0.4 is 5.32 Å². The van der Waals surface area contributed by atoms with Crippen LogP contribution in [0.3, 0.4) is 0 Å². The van der Waals surface area contributed by atoms with Crippen molar-refractivity contribution in [2.75, 3.05) is 11.9 Å². The number of halogens is 2. The van der Waals surface area contributed by atoms with Gasteiger partial charge in [-0.15, -0.1) is 0 Å². The first-order chi connectivity index (χ1) is 7.56. The van der Waals surface area contributed by atoms with Gasteiger partial charge in [-0.1, -0.05) is 27.5 Å². The molecule has 0 spiro atoms. The molecule has 0 aliphatic heterocycles. The van der Waals surface area contributed by atoms with Gasteiger partial charge in [0.1, 0.15) is 5.56 Å². The minimum Gasteiger partial charge on any atom is -0.351 e. The number of hydrogen-bond acceptors (Lipinski definition) is 3. The molecule has 1 aromatic carbocycles. The Morgan fingerprint density at radius 2 is 2.25 bits per heavy atom. The number of carbonyl (C=O) groups excluding carboxylic acids is 1. The fourth-order valence-corrected chi connectivity index (χ4v) is 1.47. The molecule has 7 heteroatoms. The van der Waals surface area contributed by atoms with E-state index in [1.807, 2.05) is 0 Å². The number of nitrogens with one attached hydrogen (secondary N) is 1. The van der Waals surface area contributed by atoms with E-state index in [0.717, 1.165) is 6.07 Å². The molecule has 0 heterocycles. The van der Waals surface area contributed by atoms with Crippen molar-refractivity contribution >= 4 is 39.1 Å². The van der Waals surface area contributed by atoms with E-state index in [4.69, 9.17) is 11.6 Å². The van der Waals surface area contributed by atoms with Crippen LogP contribution in [0, 0.1) is 10.1 Å². The number of nitro groups is 1. The topological polar surface area (TPSA) is 72.2 Å². The van der Waals surface area contributed by atoms with Crippen molar-refractivity contribution in [2.24, 2.45) is 0 Å². The molecule has 0 aromatic heterocycles. The smallest absolute Gasteiger partial charge is 0.283 e. The molecule has 0 aliphatic carbocycles. The molecule has 0 saturated carbocycles. The Kier molecular flexibility index (Phi) is 4.70. The molecule has 5 nitrogen and oxygen atoms in total. The Morgan fingerprint density at radius 1 is 1.56 bits per heavy atom. The number of alkyl halides is 1. The molecule has 0 fully saturated rings. The SMILES string of the molecule is O=C(NCCBr)c1ccc(Cl)cc1[N+](=O)[O-]. The molecular formula is C9H8BrClN2O3. The van der Waals surface area contributed by atoms with Crippen molar-refractivity contribution in [1.82, 2.24) is 5.32 Å². The fraction of sp³-hybridized carbons (Fsp3) is 0.222. The Hall–Kier alpha value is -1.14. The van der Waals surface area contributed by atoms with Crippen LogP contribution >= 0.6 is 27.5 Å². The van der Waals surface area contributed by atoms with Gasteiger partial charge < -0.3 is 5.32 Å². The summed E-state index contributed by atoms with van der Waals surface area (Å²) < 4.78 is 0. The van der Waals surface area contributed by atoms with Crippen LogP contribution in [0.4, 0.5) is 5.69 Å². The predicted molar refractivity (Wildman–Crippen MR) is 64.2 cm³/mol. The highest BCUT2D eigenvalue weighted by atomic mass is 79.9. The van der Waals surface area contributed by atoms with E-state index in [1.165, 1.54) is 12.1 Å². The molecule has 0 radical (unpaired) electrons. The molecule has 16 heavy (non-hydrogen) atoms. The van der Waals surface area contributed by atoms with Gasteiger partial charge >= 0.3 is 0 Å². The number of amides is 1. The summed E-state index contributed by atoms with van der Waals surface area (Å²) in [6.07, 6.45) is 0. The lowest BCUT2D eigenvalue weighted by Crippen LogP contribution is -2.25. The largest absolute Gasteiger partial charge is 0.351 e. The highest BCUT2D eigenvalue weighted by molar-refractivity contribution is 9.09. The van der Waals surface area contributed by atoms with Crippen LogP contribution in [-0.4, -0.2) is 22.7 Å². The summed E-state index contributed by atoms with van der Waals surface area (Å²) in [5, 5.41) is 14.0. The fourth-order valence-electron chi connectivity index (χ4n) is 1.10. The zero-order valence-corrected chi connectivity index (χ0v) is 10.4. The van der Waals surface area contributed by atoms with Crippen molar-refractivity contribution in [3.63, 3.8) is 0 Å². The first-order valence-corrected chi connectivity index (χ1v) is 5.84. The third-order valence-corrected chi connectivity index (χ3v) is 2.41. The van der Waals surface area contributed by atoms with E-state index in [1.54, 1.807) is 0 Å². The number of rotatable bonds is 4. The second kappa shape index (κ2) is 5.81. The predicted octanol–water partition coefficient (Wildman–Crippen LogP) is 2.37. The summed E-state index contributed by atoms with van der Waals surface area (Å²) in [7, 11) is 0. The maximum atomic E-state index is 11.6. The Morgan fingerprint density at radius 3 is 2.81 bits per heavy atom. The first kappa shape index (κ1) is 12.9. The molecule has 0 bridgehead atoms. The van der Waals surface area contributed by atoms with Crippen molar-refractivity contribution in [3.8, 4) is 0 Å². The van der Waals surface area contributed by atoms with E-state index in [-0.39, 0.29) is 16.3 Å². The van der Waals surface area contributed by atoms with Gasteiger partial charge in [-0.2, -0.15) is 0 Å². The Balaban J connectivity index is 3.03. The van der Waals surface area contributed by atoms with E-state index in [2.05, 4.69) is 21.2 Å². The monoisotopic (exact) mass is 306 g/mol. The normalized spacial score (nSPS) is 9.88. The number of carbonyl (C=O) groups is 1. The highest BCUT2D eigenvalue weighted by Gasteiger charge is 2.19. The lowest BCUT2D eigenvalue weighted by atomic mass is 10.1. The summed E-state index contributed by atoms with van der Waals surface area (Å²) in [5.74, 6) is -0.484. The van der Waals surface area contributed by atoms with Gasteiger partial charge in [0.15, 0.2) is 0 Å². The standard InChI is InChI=1S/C9H8BrClN2O3/c10-3-4-12-9(14)7-2-1-6(11)5-8(7)13(15)16/h1-2,5H,3-4H2,(H,12,14). The summed E-state index contributed by atoms with van der Waals surface area (Å²) in [6.45, 7) is 0.401. The van der Waals surface area contributed by atoms with Crippen LogP contribution in [0.5, 0.6) is 0 Å². The van der Waals surface area contributed by atoms with Gasteiger partial charge in [-0.05, 0) is 12.1 Å². The molecule has 1 N–H and O–H groups in total. The van der Waals surface area contributed by atoms with Crippen LogP contribution in [0.2, 0.25) is 5.02 Å². The van der Waals surface area contributed by atoms with E-state index >= 15 is 0 Å². The zero-order chi connectivity index (χ0) is 12.1. The maximum absolute atomic E-state index is 11.6. The third-order valence-electron chi connectivity index (χ3n) is 1.78. The lowest BCUT2D eigenvalue weighted by Gasteiger charge is -2.04. The van der Waals surface area contributed by atoms with E-state index in [9.17, 15) is 14.9 Å². The highest BCUT2D eigenvalue weighted by Crippen LogP contribution is 2.22. The Labute approximate surface area is 105 Å². The van der Waals surface area contributed by atoms with E-state index < -0.39 is 10.8 Å². The summed E-state index contributed by atoms with van der Waals surface area (Å²) in [5.41, 5.74) is -0.282. The van der Waals surface area contributed by atoms with Gasteiger partial charge in [0.05, 0.1) is 4.92 Å². The minimum absolute atomic E-state index is 0.00958. The van der Waals surface area contributed by atoms with Crippen molar-refractivity contribution in [3.05, 3.63) is 38.9 Å². The summed E-state index contributed by atoms with van der Waals surface area (Å²) in [4.78, 5) is 21.6. The molecule has 0 unspecified atom stereocenters. The van der Waals surface area contributed by atoms with Crippen LogP contribution in [0.1, 0.15) is 10.4 Å². The third kappa shape index (κ3) is 3.18. The van der Waals surface area contributed by atoms with Gasteiger partial charge in [0, 0.05) is 23.0 Å². The molecule has 1 aromatic rings. The van der Waals surface area contributed by atoms with Crippen LogP contribution in [-0.2, 0) is 0 Å². The van der Waals surface area contributed by atoms with E-state index in [0.29, 0.717) is 11.9 Å². The number of nitro benzene ring substituents is 1. The molecule has 0 aliphatic rings. The number of nitrogens with zero attached hydrogens (tertiary/aromatic N) is 1. The summed E-state index contributed by atoms with van der Waals surface area (Å²) >= 11 is 8.77. The van der Waals surface area contributed by atoms with Crippen LogP contribution in [0.25, 0.3) is 0 Å². The first-order valence-electron chi connectivity index (χ1n) is 4.34. The quantitative estimate of drug-likeness (QED) is 0.527. The van der Waals surface area contributed by atoms with Gasteiger partial charge in [-0.3, -0.25) is 14.9 Å². The van der Waals surface area contributed by atoms with Gasteiger partial charge in [-0.25, -0.2) is 0 Å². The average molecular weight is 308 g/mol. The molecule has 1 rings (SSSR count). The van der Waals surface area contributed by atoms with Crippen LogP contribution in [0.15, 0.2) is 18.2 Å². The number of hydrogen-bond donors (Lipinski definition) is 1. The Bertz CT molecular complexity index is 425. The zero-order valence-electron chi connectivity index (χ0n) is 8.07. The lowest BCUT2D eigenvalue weighted by molar-refractivity contribution is -0.385. The van der Waals surface area contributed by atoms with Gasteiger partial charge in [0.2, 0.25) is 0 Å². The molecule has 1 amide bonds. The molecular weight excluding hydrogens is 299 g/mol. The second-order valence-electron chi connectivity index (χ2n) is 2.86. The molecule has 0 atom stereocenters. The summed E-state index contributed by atoms with van der Waals surface area (Å²) in [6, 6.07) is 3.94. The number of benzene rings is 1. The van der Waals surface area contributed by atoms with Crippen molar-refractivity contribution in [2.45, 2.75) is 0 Å². The second-order valence-corrected chi connectivity index (χ2v) is 4.09. The van der Waals surface area contributed by atoms with Crippen molar-refractivity contribution < 1.29 is 9.72 Å². The molecule has 0 saturated heterocycles. The molecule has 86 valence electrons.